The van der Waals surface area contributed by atoms with Crippen LogP contribution in [-0.2, 0) is 9.53 Å². The molecule has 1 fully saturated rings. The average Bonchev–Trinajstić information content (AvgIpc) is 2.25. The lowest BCUT2D eigenvalue weighted by molar-refractivity contribution is -0.141. The van der Waals surface area contributed by atoms with E-state index in [1.165, 1.54) is 6.92 Å². The Labute approximate surface area is 99.4 Å². The number of morpholine rings is 1. The van der Waals surface area contributed by atoms with Crippen molar-refractivity contribution in [3.05, 3.63) is 0 Å². The van der Waals surface area contributed by atoms with E-state index < -0.39 is 18.0 Å². The molecule has 1 aliphatic rings. The number of hydrogen-bond acceptors (Lipinski definition) is 4. The minimum absolute atomic E-state index is 0.0878. The van der Waals surface area contributed by atoms with Gasteiger partial charge in [0.15, 0.2) is 0 Å². The minimum atomic E-state index is -1.44. The predicted octanol–water partition coefficient (Wildman–Crippen LogP) is -0.746. The zero-order valence-corrected chi connectivity index (χ0v) is 9.81. The molecule has 1 atom stereocenters. The van der Waals surface area contributed by atoms with Gasteiger partial charge in [0, 0.05) is 19.6 Å². The normalized spacial score (nSPS) is 19.5. The van der Waals surface area contributed by atoms with Gasteiger partial charge in [0.05, 0.1) is 25.2 Å². The molecule has 7 heteroatoms. The molecule has 0 aromatic carbocycles. The molecule has 0 spiro atoms. The van der Waals surface area contributed by atoms with E-state index in [1.807, 2.05) is 0 Å². The second-order valence-electron chi connectivity index (χ2n) is 4.33. The van der Waals surface area contributed by atoms with E-state index in [-0.39, 0.29) is 12.6 Å². The highest BCUT2D eigenvalue weighted by atomic mass is 16.5. The molecule has 0 saturated carbocycles. The molecule has 1 aliphatic heterocycles. The minimum Gasteiger partial charge on any atom is -0.481 e. The molecule has 0 radical (unpaired) electrons. The maximum Gasteiger partial charge on any atom is 0.317 e. The zero-order valence-electron chi connectivity index (χ0n) is 9.81. The molecule has 1 heterocycles. The van der Waals surface area contributed by atoms with Gasteiger partial charge in [0.2, 0.25) is 0 Å². The molecular weight excluding hydrogens is 228 g/mol. The third-order valence-corrected chi connectivity index (χ3v) is 2.45. The maximum absolute atomic E-state index is 11.6. The number of ether oxygens (including phenoxy) is 1. The first-order valence-corrected chi connectivity index (χ1v) is 5.45. The summed E-state index contributed by atoms with van der Waals surface area (Å²) in [5.74, 6) is -1.10. The highest BCUT2D eigenvalue weighted by Crippen LogP contribution is 2.07. The van der Waals surface area contributed by atoms with Gasteiger partial charge in [-0.05, 0) is 6.92 Å². The monoisotopic (exact) mass is 246 g/mol. The number of hydrogen-bond donors (Lipinski definition) is 3. The zero-order chi connectivity index (χ0) is 12.9. The number of nitrogens with one attached hydrogen (secondary N) is 1. The summed E-state index contributed by atoms with van der Waals surface area (Å²) >= 11 is 0. The molecule has 0 aromatic rings. The number of carboxylic acids is 1. The van der Waals surface area contributed by atoms with Crippen molar-refractivity contribution in [3.63, 3.8) is 0 Å². The highest BCUT2D eigenvalue weighted by Gasteiger charge is 2.26. The lowest BCUT2D eigenvalue weighted by atomic mass is 10.0. The van der Waals surface area contributed by atoms with Crippen LogP contribution in [0.2, 0.25) is 0 Å². The molecule has 98 valence electrons. The van der Waals surface area contributed by atoms with E-state index in [4.69, 9.17) is 9.84 Å². The molecule has 3 N–H and O–H groups in total. The number of aliphatic carboxylic acids is 1. The highest BCUT2D eigenvalue weighted by molar-refractivity contribution is 5.74. The van der Waals surface area contributed by atoms with Gasteiger partial charge in [-0.1, -0.05) is 0 Å². The number of carbonyl (C=O) groups is 2. The number of carbonyl (C=O) groups excluding carboxylic acids is 1. The molecule has 1 saturated heterocycles. The number of amides is 2. The summed E-state index contributed by atoms with van der Waals surface area (Å²) in [6.45, 7) is 3.30. The van der Waals surface area contributed by atoms with Gasteiger partial charge in [0.1, 0.15) is 0 Å². The van der Waals surface area contributed by atoms with Crippen molar-refractivity contribution in [2.75, 3.05) is 32.8 Å². The summed E-state index contributed by atoms with van der Waals surface area (Å²) in [4.78, 5) is 23.7. The summed E-state index contributed by atoms with van der Waals surface area (Å²) < 4.78 is 5.10. The lowest BCUT2D eigenvalue weighted by Crippen LogP contribution is -2.50. The largest absolute Gasteiger partial charge is 0.481 e. The van der Waals surface area contributed by atoms with Crippen molar-refractivity contribution in [2.45, 2.75) is 18.9 Å². The van der Waals surface area contributed by atoms with Gasteiger partial charge < -0.3 is 25.2 Å². The van der Waals surface area contributed by atoms with E-state index in [1.54, 1.807) is 4.90 Å². The standard InChI is InChI=1S/C10H18N2O5/c1-10(16,6-8(13)14)7-11-9(15)12-2-4-17-5-3-12/h16H,2-7H2,1H3,(H,11,15)(H,13,14). The van der Waals surface area contributed by atoms with E-state index in [9.17, 15) is 14.7 Å². The van der Waals surface area contributed by atoms with Gasteiger partial charge in [-0.25, -0.2) is 4.79 Å². The smallest absolute Gasteiger partial charge is 0.317 e. The van der Waals surface area contributed by atoms with Gasteiger partial charge in [-0.15, -0.1) is 0 Å². The quantitative estimate of drug-likeness (QED) is 0.606. The fraction of sp³-hybridized carbons (Fsp3) is 0.800. The van der Waals surface area contributed by atoms with Crippen LogP contribution in [-0.4, -0.2) is 65.6 Å². The Kier molecular flexibility index (Phi) is 4.71. The summed E-state index contributed by atoms with van der Waals surface area (Å²) in [5, 5.41) is 20.8. The maximum atomic E-state index is 11.6. The van der Waals surface area contributed by atoms with Crippen LogP contribution >= 0.6 is 0 Å². The van der Waals surface area contributed by atoms with Crippen LogP contribution in [0.3, 0.4) is 0 Å². The van der Waals surface area contributed by atoms with Gasteiger partial charge >= 0.3 is 12.0 Å². The molecule has 0 aromatic heterocycles. The number of nitrogens with zero attached hydrogens (tertiary/aromatic N) is 1. The summed E-state index contributed by atoms with van der Waals surface area (Å²) in [7, 11) is 0. The lowest BCUT2D eigenvalue weighted by Gasteiger charge is -2.29. The number of aliphatic hydroxyl groups is 1. The number of urea groups is 1. The molecule has 2 amide bonds. The third-order valence-electron chi connectivity index (χ3n) is 2.45. The van der Waals surface area contributed by atoms with Crippen LogP contribution in [0, 0.1) is 0 Å². The molecule has 7 nitrogen and oxygen atoms in total. The van der Waals surface area contributed by atoms with Crippen molar-refractivity contribution >= 4 is 12.0 Å². The Hall–Kier alpha value is -1.34. The van der Waals surface area contributed by atoms with Gasteiger partial charge in [-0.2, -0.15) is 0 Å². The SMILES string of the molecule is CC(O)(CNC(=O)N1CCOCC1)CC(=O)O. The molecular formula is C10H18N2O5. The van der Waals surface area contributed by atoms with Crippen molar-refractivity contribution in [3.8, 4) is 0 Å². The number of carboxylic acid groups (broad SMARTS) is 1. The van der Waals surface area contributed by atoms with E-state index in [0.717, 1.165) is 0 Å². The first kappa shape index (κ1) is 13.7. The van der Waals surface area contributed by atoms with E-state index in [2.05, 4.69) is 5.32 Å². The Morgan fingerprint density at radius 2 is 2.00 bits per heavy atom. The van der Waals surface area contributed by atoms with Crippen LogP contribution in [0.5, 0.6) is 0 Å². The Balaban J connectivity index is 2.33. The van der Waals surface area contributed by atoms with Gasteiger partial charge in [0.25, 0.3) is 0 Å². The fourth-order valence-corrected chi connectivity index (χ4v) is 1.53. The Morgan fingerprint density at radius 3 is 2.53 bits per heavy atom. The molecule has 1 rings (SSSR count). The molecule has 1 unspecified atom stereocenters. The predicted molar refractivity (Wildman–Crippen MR) is 58.7 cm³/mol. The first-order chi connectivity index (χ1) is 7.91. The van der Waals surface area contributed by atoms with Crippen molar-refractivity contribution in [1.82, 2.24) is 10.2 Å². The van der Waals surface area contributed by atoms with Gasteiger partial charge in [-0.3, -0.25) is 4.79 Å². The van der Waals surface area contributed by atoms with Crippen LogP contribution in [0.4, 0.5) is 4.79 Å². The second-order valence-corrected chi connectivity index (χ2v) is 4.33. The van der Waals surface area contributed by atoms with Crippen molar-refractivity contribution in [2.24, 2.45) is 0 Å². The average molecular weight is 246 g/mol. The van der Waals surface area contributed by atoms with E-state index >= 15 is 0 Å². The van der Waals surface area contributed by atoms with Crippen molar-refractivity contribution < 1.29 is 24.5 Å². The topological polar surface area (TPSA) is 99.1 Å². The number of rotatable bonds is 4. The molecule has 17 heavy (non-hydrogen) atoms. The fourth-order valence-electron chi connectivity index (χ4n) is 1.53. The second kappa shape index (κ2) is 5.83. The summed E-state index contributed by atoms with van der Waals surface area (Å²) in [6.07, 6.45) is -0.406. The summed E-state index contributed by atoms with van der Waals surface area (Å²) in [5.41, 5.74) is -1.44. The van der Waals surface area contributed by atoms with E-state index in [0.29, 0.717) is 26.3 Å². The molecule has 0 bridgehead atoms. The Morgan fingerprint density at radius 1 is 1.41 bits per heavy atom. The Bertz CT molecular complexity index is 286. The van der Waals surface area contributed by atoms with Crippen LogP contribution in [0.15, 0.2) is 0 Å². The summed E-state index contributed by atoms with van der Waals surface area (Å²) in [6, 6.07) is -0.307. The van der Waals surface area contributed by atoms with Crippen LogP contribution in [0.25, 0.3) is 0 Å². The molecule has 0 aliphatic carbocycles. The third kappa shape index (κ3) is 5.01. The van der Waals surface area contributed by atoms with Crippen molar-refractivity contribution in [1.29, 1.82) is 0 Å². The van der Waals surface area contributed by atoms with Crippen LogP contribution < -0.4 is 5.32 Å². The van der Waals surface area contributed by atoms with Crippen LogP contribution in [0.1, 0.15) is 13.3 Å². The first-order valence-electron chi connectivity index (χ1n) is 5.45.